The van der Waals surface area contributed by atoms with Crippen molar-refractivity contribution in [1.29, 1.82) is 0 Å². The lowest BCUT2D eigenvalue weighted by Gasteiger charge is -2.16. The molecule has 0 saturated carbocycles. The summed E-state index contributed by atoms with van der Waals surface area (Å²) in [4.78, 5) is 4.40. The van der Waals surface area contributed by atoms with E-state index in [-0.39, 0.29) is 11.9 Å². The molecule has 1 saturated heterocycles. The first kappa shape index (κ1) is 13.0. The molecule has 5 nitrogen and oxygen atoms in total. The fourth-order valence-electron chi connectivity index (χ4n) is 2.38. The number of aromatic nitrogens is 1. The molecule has 0 bridgehead atoms. The van der Waals surface area contributed by atoms with Gasteiger partial charge in [0.05, 0.1) is 25.8 Å². The molecule has 0 radical (unpaired) electrons. The van der Waals surface area contributed by atoms with Crippen molar-refractivity contribution in [1.82, 2.24) is 4.98 Å². The molecule has 1 aromatic carbocycles. The summed E-state index contributed by atoms with van der Waals surface area (Å²) in [5.41, 5.74) is 1.45. The molecule has 2 aromatic rings. The quantitative estimate of drug-likeness (QED) is 0.932. The average Bonchev–Trinajstić information content (AvgIpc) is 2.91. The maximum absolute atomic E-state index is 10.0. The van der Waals surface area contributed by atoms with E-state index in [0.29, 0.717) is 35.6 Å². The monoisotopic (exact) mass is 275 g/mol. The van der Waals surface area contributed by atoms with Crippen LogP contribution in [0.2, 0.25) is 0 Å². The van der Waals surface area contributed by atoms with Gasteiger partial charge >= 0.3 is 0 Å². The third-order valence-electron chi connectivity index (χ3n) is 3.38. The van der Waals surface area contributed by atoms with Crippen LogP contribution in [0, 0.1) is 6.92 Å². The number of pyridine rings is 1. The Hall–Kier alpha value is -2.01. The van der Waals surface area contributed by atoms with Crippen molar-refractivity contribution in [2.75, 3.05) is 20.3 Å². The standard InChI is InChI=1S/C15H17NO4/c1-9-5-13(17)11-6-15(20-10-3-4-19-8-10)14(18-2)7-12(11)16-9/h5-7,10H,3-4,8H2,1-2H3,(H,16,17)/t10-/m0/s1. The van der Waals surface area contributed by atoms with Gasteiger partial charge in [-0.1, -0.05) is 0 Å². The highest BCUT2D eigenvalue weighted by atomic mass is 16.6. The Morgan fingerprint density at radius 2 is 2.15 bits per heavy atom. The predicted octanol–water partition coefficient (Wildman–Crippen LogP) is 2.43. The third kappa shape index (κ3) is 2.36. The first-order valence-corrected chi connectivity index (χ1v) is 6.60. The van der Waals surface area contributed by atoms with Crippen molar-refractivity contribution < 1.29 is 19.3 Å². The second kappa shape index (κ2) is 5.17. The highest BCUT2D eigenvalue weighted by Crippen LogP contribution is 2.36. The van der Waals surface area contributed by atoms with E-state index in [4.69, 9.17) is 14.2 Å². The normalized spacial score (nSPS) is 18.4. The molecule has 0 spiro atoms. The SMILES string of the molecule is COc1cc2nc(C)cc(O)c2cc1O[C@H]1CCOC1. The number of ether oxygens (including phenoxy) is 3. The summed E-state index contributed by atoms with van der Waals surface area (Å²) in [6, 6.07) is 5.19. The number of hydrogen-bond donors (Lipinski definition) is 1. The van der Waals surface area contributed by atoms with Crippen LogP contribution in [0.3, 0.4) is 0 Å². The van der Waals surface area contributed by atoms with Gasteiger partial charge in [0.2, 0.25) is 0 Å². The summed E-state index contributed by atoms with van der Waals surface area (Å²) in [7, 11) is 1.59. The van der Waals surface area contributed by atoms with Crippen molar-refractivity contribution in [3.63, 3.8) is 0 Å². The topological polar surface area (TPSA) is 60.8 Å². The van der Waals surface area contributed by atoms with E-state index in [0.717, 1.165) is 12.1 Å². The zero-order chi connectivity index (χ0) is 14.1. The van der Waals surface area contributed by atoms with Crippen LogP contribution in [0.15, 0.2) is 18.2 Å². The molecule has 1 aliphatic rings. The van der Waals surface area contributed by atoms with Crippen molar-refractivity contribution in [3.05, 3.63) is 23.9 Å². The van der Waals surface area contributed by atoms with Crippen LogP contribution in [0.5, 0.6) is 17.2 Å². The van der Waals surface area contributed by atoms with Gasteiger partial charge in [0.25, 0.3) is 0 Å². The molecule has 20 heavy (non-hydrogen) atoms. The Morgan fingerprint density at radius 3 is 2.85 bits per heavy atom. The van der Waals surface area contributed by atoms with Crippen molar-refractivity contribution >= 4 is 10.9 Å². The molecule has 1 atom stereocenters. The summed E-state index contributed by atoms with van der Waals surface area (Å²) in [6.45, 7) is 3.14. The van der Waals surface area contributed by atoms with Gasteiger partial charge in [-0.2, -0.15) is 0 Å². The van der Waals surface area contributed by atoms with Crippen molar-refractivity contribution in [2.24, 2.45) is 0 Å². The van der Waals surface area contributed by atoms with E-state index < -0.39 is 0 Å². The van der Waals surface area contributed by atoms with Gasteiger partial charge in [0.15, 0.2) is 11.5 Å². The third-order valence-corrected chi connectivity index (χ3v) is 3.38. The molecular formula is C15H17NO4. The van der Waals surface area contributed by atoms with E-state index >= 15 is 0 Å². The summed E-state index contributed by atoms with van der Waals surface area (Å²) in [5.74, 6) is 1.42. The number of aromatic hydroxyl groups is 1. The van der Waals surface area contributed by atoms with Crippen molar-refractivity contribution in [2.45, 2.75) is 19.4 Å². The molecule has 1 N–H and O–H groups in total. The van der Waals surface area contributed by atoms with Gasteiger partial charge in [-0.3, -0.25) is 4.98 Å². The molecule has 3 rings (SSSR count). The zero-order valence-corrected chi connectivity index (χ0v) is 11.5. The van der Waals surface area contributed by atoms with Gasteiger partial charge in [-0.05, 0) is 13.0 Å². The van der Waals surface area contributed by atoms with Crippen LogP contribution >= 0.6 is 0 Å². The molecule has 2 heterocycles. The summed E-state index contributed by atoms with van der Waals surface area (Å²) in [5, 5.41) is 10.7. The minimum absolute atomic E-state index is 0.0295. The number of methoxy groups -OCH3 is 1. The number of aryl methyl sites for hydroxylation is 1. The maximum Gasteiger partial charge on any atom is 0.162 e. The van der Waals surface area contributed by atoms with E-state index in [1.54, 1.807) is 25.3 Å². The maximum atomic E-state index is 10.0. The van der Waals surface area contributed by atoms with Crippen LogP contribution in [0.1, 0.15) is 12.1 Å². The van der Waals surface area contributed by atoms with Crippen LogP contribution in [0.25, 0.3) is 10.9 Å². The minimum Gasteiger partial charge on any atom is -0.507 e. The van der Waals surface area contributed by atoms with E-state index in [9.17, 15) is 5.11 Å². The number of nitrogens with zero attached hydrogens (tertiary/aromatic N) is 1. The number of hydrogen-bond acceptors (Lipinski definition) is 5. The molecule has 0 aliphatic carbocycles. The van der Waals surface area contributed by atoms with Gasteiger partial charge < -0.3 is 19.3 Å². The summed E-state index contributed by atoms with van der Waals surface area (Å²) >= 11 is 0. The molecule has 1 aromatic heterocycles. The molecular weight excluding hydrogens is 258 g/mol. The summed E-state index contributed by atoms with van der Waals surface area (Å²) in [6.07, 6.45) is 0.890. The lowest BCUT2D eigenvalue weighted by atomic mass is 10.1. The minimum atomic E-state index is 0.0295. The average molecular weight is 275 g/mol. The van der Waals surface area contributed by atoms with Crippen LogP contribution in [-0.4, -0.2) is 36.5 Å². The lowest BCUT2D eigenvalue weighted by molar-refractivity contribution is 0.139. The number of rotatable bonds is 3. The Morgan fingerprint density at radius 1 is 1.30 bits per heavy atom. The van der Waals surface area contributed by atoms with Gasteiger partial charge in [0.1, 0.15) is 11.9 Å². The lowest BCUT2D eigenvalue weighted by Crippen LogP contribution is -2.16. The highest BCUT2D eigenvalue weighted by molar-refractivity contribution is 5.88. The smallest absolute Gasteiger partial charge is 0.162 e. The second-order valence-corrected chi connectivity index (χ2v) is 4.91. The Labute approximate surface area is 117 Å². The van der Waals surface area contributed by atoms with E-state index in [2.05, 4.69) is 4.98 Å². The molecule has 1 fully saturated rings. The zero-order valence-electron chi connectivity index (χ0n) is 11.5. The first-order valence-electron chi connectivity index (χ1n) is 6.60. The van der Waals surface area contributed by atoms with Gasteiger partial charge in [-0.25, -0.2) is 0 Å². The first-order chi connectivity index (χ1) is 9.67. The summed E-state index contributed by atoms with van der Waals surface area (Å²) < 4.78 is 16.6. The number of fused-ring (bicyclic) bond motifs is 1. The Kier molecular flexibility index (Phi) is 3.36. The fraction of sp³-hybridized carbons (Fsp3) is 0.400. The molecule has 1 aliphatic heterocycles. The largest absolute Gasteiger partial charge is 0.507 e. The van der Waals surface area contributed by atoms with Crippen LogP contribution in [0.4, 0.5) is 0 Å². The predicted molar refractivity (Wildman–Crippen MR) is 74.5 cm³/mol. The van der Waals surface area contributed by atoms with Crippen molar-refractivity contribution in [3.8, 4) is 17.2 Å². The molecule has 0 amide bonds. The number of benzene rings is 1. The molecule has 5 heteroatoms. The highest BCUT2D eigenvalue weighted by Gasteiger charge is 2.20. The fourth-order valence-corrected chi connectivity index (χ4v) is 2.38. The Bertz CT molecular complexity index is 635. The van der Waals surface area contributed by atoms with Gasteiger partial charge in [-0.15, -0.1) is 0 Å². The van der Waals surface area contributed by atoms with E-state index in [1.807, 2.05) is 6.92 Å². The Balaban J connectivity index is 2.05. The van der Waals surface area contributed by atoms with Crippen LogP contribution < -0.4 is 9.47 Å². The molecule has 106 valence electrons. The second-order valence-electron chi connectivity index (χ2n) is 4.91. The van der Waals surface area contributed by atoms with Crippen LogP contribution in [-0.2, 0) is 4.74 Å². The van der Waals surface area contributed by atoms with Gasteiger partial charge in [0, 0.05) is 29.6 Å². The van der Waals surface area contributed by atoms with E-state index in [1.165, 1.54) is 0 Å². The molecule has 0 unspecified atom stereocenters.